The predicted octanol–water partition coefficient (Wildman–Crippen LogP) is 0.142. The van der Waals surface area contributed by atoms with Gasteiger partial charge >= 0.3 is 0 Å². The van der Waals surface area contributed by atoms with Crippen LogP contribution in [0.3, 0.4) is 0 Å². The largest absolute Gasteiger partial charge is 0.391 e. The molecule has 1 rings (SSSR count). The molecule has 1 aliphatic carbocycles. The molecule has 0 bridgehead atoms. The van der Waals surface area contributed by atoms with Crippen molar-refractivity contribution in [3.05, 3.63) is 0 Å². The summed E-state index contributed by atoms with van der Waals surface area (Å²) in [7, 11) is 0. The molecule has 2 nitrogen and oxygen atoms in total. The highest BCUT2D eigenvalue weighted by Gasteiger charge is 2.43. The van der Waals surface area contributed by atoms with Crippen molar-refractivity contribution in [1.82, 2.24) is 0 Å². The van der Waals surface area contributed by atoms with Crippen LogP contribution in [0.4, 0.5) is 0 Å². The number of hydrogen-bond donors (Lipinski definition) is 2. The van der Waals surface area contributed by atoms with Gasteiger partial charge in [0.15, 0.2) is 0 Å². The predicted molar refractivity (Wildman–Crippen MR) is 38.2 cm³/mol. The quantitative estimate of drug-likeness (QED) is 0.470. The number of terminal acetylenes is 1. The lowest BCUT2D eigenvalue weighted by Crippen LogP contribution is -2.33. The Labute approximate surface area is 60.9 Å². The van der Waals surface area contributed by atoms with Gasteiger partial charge in [-0.2, -0.15) is 0 Å². The van der Waals surface area contributed by atoms with E-state index in [2.05, 4.69) is 5.92 Å². The van der Waals surface area contributed by atoms with E-state index in [4.69, 9.17) is 6.42 Å². The van der Waals surface area contributed by atoms with E-state index < -0.39 is 17.6 Å². The van der Waals surface area contributed by atoms with Gasteiger partial charge in [0.25, 0.3) is 0 Å². The van der Waals surface area contributed by atoms with Crippen LogP contribution in [0.2, 0.25) is 0 Å². The topological polar surface area (TPSA) is 40.5 Å². The molecule has 0 saturated heterocycles. The van der Waals surface area contributed by atoms with Gasteiger partial charge in [-0.05, 0) is 19.8 Å². The molecule has 0 aromatic heterocycles. The average Bonchev–Trinajstić information content (AvgIpc) is 2.18. The van der Waals surface area contributed by atoms with E-state index in [-0.39, 0.29) is 0 Å². The van der Waals surface area contributed by atoms with Gasteiger partial charge in [-0.1, -0.05) is 5.92 Å². The highest BCUT2D eigenvalue weighted by molar-refractivity contribution is 5.13. The van der Waals surface area contributed by atoms with Gasteiger partial charge in [0, 0.05) is 0 Å². The second-order valence-corrected chi connectivity index (χ2v) is 3.04. The molecular formula is C8H12O2. The minimum absolute atomic E-state index is 0.535. The molecule has 0 heterocycles. The van der Waals surface area contributed by atoms with E-state index >= 15 is 0 Å². The van der Waals surface area contributed by atoms with Crippen molar-refractivity contribution < 1.29 is 10.2 Å². The Morgan fingerprint density at radius 3 is 2.00 bits per heavy atom. The molecule has 2 heteroatoms. The minimum atomic E-state index is -0.708. The third-order valence-electron chi connectivity index (χ3n) is 2.41. The lowest BCUT2D eigenvalue weighted by molar-refractivity contribution is 0.0310. The maximum absolute atomic E-state index is 9.32. The van der Waals surface area contributed by atoms with Crippen molar-refractivity contribution in [3.63, 3.8) is 0 Å². The van der Waals surface area contributed by atoms with Gasteiger partial charge in [-0.3, -0.25) is 0 Å². The van der Waals surface area contributed by atoms with Gasteiger partial charge in [0.05, 0.1) is 17.6 Å². The van der Waals surface area contributed by atoms with Crippen molar-refractivity contribution in [2.75, 3.05) is 0 Å². The Morgan fingerprint density at radius 2 is 1.80 bits per heavy atom. The van der Waals surface area contributed by atoms with Crippen molar-refractivity contribution in [3.8, 4) is 12.3 Å². The minimum Gasteiger partial charge on any atom is -0.391 e. The highest BCUT2D eigenvalue weighted by Crippen LogP contribution is 2.37. The third kappa shape index (κ3) is 0.828. The molecule has 1 saturated carbocycles. The number of hydrogen-bond acceptors (Lipinski definition) is 2. The first-order valence-corrected chi connectivity index (χ1v) is 3.45. The molecule has 2 N–H and O–H groups in total. The lowest BCUT2D eigenvalue weighted by Gasteiger charge is -2.24. The summed E-state index contributed by atoms with van der Waals surface area (Å²) in [5, 5.41) is 18.6. The smallest absolute Gasteiger partial charge is 0.0800 e. The van der Waals surface area contributed by atoms with Gasteiger partial charge < -0.3 is 10.2 Å². The Bertz CT molecular complexity index is 159. The molecule has 56 valence electrons. The summed E-state index contributed by atoms with van der Waals surface area (Å²) < 4.78 is 0. The van der Waals surface area contributed by atoms with E-state index in [1.54, 1.807) is 6.92 Å². The summed E-state index contributed by atoms with van der Waals surface area (Å²) in [6.07, 6.45) is 5.34. The monoisotopic (exact) mass is 140 g/mol. The fraction of sp³-hybridized carbons (Fsp3) is 0.750. The van der Waals surface area contributed by atoms with Crippen molar-refractivity contribution in [2.24, 2.45) is 5.41 Å². The van der Waals surface area contributed by atoms with E-state index in [1.165, 1.54) is 0 Å². The zero-order chi connectivity index (χ0) is 7.78. The second kappa shape index (κ2) is 2.26. The molecule has 0 spiro atoms. The summed E-state index contributed by atoms with van der Waals surface area (Å²) in [5.41, 5.74) is -0.708. The normalized spacial score (nSPS) is 47.0. The van der Waals surface area contributed by atoms with Gasteiger partial charge in [-0.25, -0.2) is 0 Å². The van der Waals surface area contributed by atoms with Crippen LogP contribution in [0, 0.1) is 17.8 Å². The van der Waals surface area contributed by atoms with Crippen LogP contribution in [0.1, 0.15) is 19.8 Å². The molecular weight excluding hydrogens is 128 g/mol. The maximum atomic E-state index is 9.32. The molecule has 1 unspecified atom stereocenters. The molecule has 0 radical (unpaired) electrons. The van der Waals surface area contributed by atoms with Gasteiger partial charge in [0.1, 0.15) is 0 Å². The van der Waals surface area contributed by atoms with Crippen molar-refractivity contribution in [1.29, 1.82) is 0 Å². The van der Waals surface area contributed by atoms with Crippen LogP contribution in [-0.4, -0.2) is 22.4 Å². The van der Waals surface area contributed by atoms with Crippen molar-refractivity contribution in [2.45, 2.75) is 32.0 Å². The molecule has 1 aliphatic rings. The summed E-state index contributed by atoms with van der Waals surface area (Å²) in [6.45, 7) is 1.72. The Hall–Kier alpha value is -0.520. The first kappa shape index (κ1) is 7.59. The standard InChI is InChI=1S/C8H12O2/c1-3-8(2)6(9)4-5-7(8)10/h1,6-7,9-10H,4-5H2,2H3/t6-,7+,8?. The highest BCUT2D eigenvalue weighted by atomic mass is 16.3. The van der Waals surface area contributed by atoms with Crippen LogP contribution in [0.25, 0.3) is 0 Å². The summed E-state index contributed by atoms with van der Waals surface area (Å²) in [4.78, 5) is 0. The number of rotatable bonds is 0. The zero-order valence-electron chi connectivity index (χ0n) is 6.04. The molecule has 0 amide bonds. The number of aliphatic hydroxyl groups excluding tert-OH is 2. The van der Waals surface area contributed by atoms with E-state index in [0.29, 0.717) is 12.8 Å². The van der Waals surface area contributed by atoms with Crippen LogP contribution in [-0.2, 0) is 0 Å². The van der Waals surface area contributed by atoms with Crippen molar-refractivity contribution >= 4 is 0 Å². The maximum Gasteiger partial charge on any atom is 0.0800 e. The molecule has 0 aromatic carbocycles. The molecule has 3 atom stereocenters. The lowest BCUT2D eigenvalue weighted by atomic mass is 9.86. The fourth-order valence-corrected chi connectivity index (χ4v) is 1.33. The fourth-order valence-electron chi connectivity index (χ4n) is 1.33. The molecule has 10 heavy (non-hydrogen) atoms. The Morgan fingerprint density at radius 1 is 1.40 bits per heavy atom. The zero-order valence-corrected chi connectivity index (χ0v) is 6.04. The summed E-state index contributed by atoms with van der Waals surface area (Å²) >= 11 is 0. The third-order valence-corrected chi connectivity index (χ3v) is 2.41. The van der Waals surface area contributed by atoms with Crippen LogP contribution in [0.15, 0.2) is 0 Å². The second-order valence-electron chi connectivity index (χ2n) is 3.04. The van der Waals surface area contributed by atoms with E-state index in [1.807, 2.05) is 0 Å². The summed E-state index contributed by atoms with van der Waals surface area (Å²) in [5.74, 6) is 2.44. The summed E-state index contributed by atoms with van der Waals surface area (Å²) in [6, 6.07) is 0. The van der Waals surface area contributed by atoms with E-state index in [0.717, 1.165) is 0 Å². The van der Waals surface area contributed by atoms with Gasteiger partial charge in [0.2, 0.25) is 0 Å². The average molecular weight is 140 g/mol. The van der Waals surface area contributed by atoms with Gasteiger partial charge in [-0.15, -0.1) is 6.42 Å². The van der Waals surface area contributed by atoms with Crippen LogP contribution < -0.4 is 0 Å². The number of aliphatic hydroxyl groups is 2. The molecule has 1 fully saturated rings. The van der Waals surface area contributed by atoms with E-state index in [9.17, 15) is 10.2 Å². The molecule has 0 aromatic rings. The van der Waals surface area contributed by atoms with Crippen LogP contribution in [0.5, 0.6) is 0 Å². The first-order valence-electron chi connectivity index (χ1n) is 3.45. The first-order chi connectivity index (χ1) is 4.61. The molecule has 0 aliphatic heterocycles. The Kier molecular flexibility index (Phi) is 1.72. The van der Waals surface area contributed by atoms with Crippen LogP contribution >= 0.6 is 0 Å². The Balaban J connectivity index is 2.82. The SMILES string of the molecule is C#CC1(C)[C@H](O)CC[C@@H]1O.